The van der Waals surface area contributed by atoms with Crippen LogP contribution < -0.4 is 14.3 Å². The first-order valence-electron chi connectivity index (χ1n) is 11.9. The highest BCUT2D eigenvalue weighted by Crippen LogP contribution is 2.44. The van der Waals surface area contributed by atoms with Crippen molar-refractivity contribution in [3.63, 3.8) is 0 Å². The molecule has 174 valence electrons. The molecule has 1 heterocycles. The largest absolute Gasteiger partial charge is 0.493 e. The SMILES string of the molecule is COc1cc2c(cc1OC)[C@H]1CCCC[C@H]1N=C2c1ccc(/C(C)=N/Oc2ccccc2)cc1. The van der Waals surface area contributed by atoms with Crippen LogP contribution in [0.15, 0.2) is 76.9 Å². The molecular weight excluding hydrogens is 424 g/mol. The summed E-state index contributed by atoms with van der Waals surface area (Å²) in [5, 5.41) is 4.29. The second-order valence-electron chi connectivity index (χ2n) is 8.89. The third-order valence-corrected chi connectivity index (χ3v) is 6.84. The smallest absolute Gasteiger partial charge is 0.161 e. The van der Waals surface area contributed by atoms with E-state index in [1.165, 1.54) is 24.8 Å². The van der Waals surface area contributed by atoms with Gasteiger partial charge in [0.15, 0.2) is 17.2 Å². The van der Waals surface area contributed by atoms with E-state index < -0.39 is 0 Å². The summed E-state index contributed by atoms with van der Waals surface area (Å²) in [4.78, 5) is 10.8. The normalized spacial score (nSPS) is 19.5. The molecule has 0 aromatic heterocycles. The maximum Gasteiger partial charge on any atom is 0.161 e. The van der Waals surface area contributed by atoms with E-state index in [9.17, 15) is 0 Å². The number of para-hydroxylation sites is 1. The molecular formula is C29H30N2O3. The van der Waals surface area contributed by atoms with Crippen molar-refractivity contribution in [2.45, 2.75) is 44.6 Å². The van der Waals surface area contributed by atoms with Crippen LogP contribution in [-0.4, -0.2) is 31.7 Å². The van der Waals surface area contributed by atoms with Crippen molar-refractivity contribution in [2.75, 3.05) is 14.2 Å². The van der Waals surface area contributed by atoms with Crippen molar-refractivity contribution in [1.29, 1.82) is 0 Å². The molecule has 0 amide bonds. The number of hydrogen-bond acceptors (Lipinski definition) is 5. The van der Waals surface area contributed by atoms with Crippen molar-refractivity contribution >= 4 is 11.4 Å². The van der Waals surface area contributed by atoms with E-state index in [4.69, 9.17) is 19.3 Å². The number of benzene rings is 3. The zero-order valence-electron chi connectivity index (χ0n) is 20.0. The first kappa shape index (κ1) is 22.2. The molecule has 3 aromatic rings. The molecule has 0 spiro atoms. The van der Waals surface area contributed by atoms with E-state index in [-0.39, 0.29) is 0 Å². The number of oxime groups is 1. The number of fused-ring (bicyclic) bond motifs is 3. The van der Waals surface area contributed by atoms with Gasteiger partial charge in [0.1, 0.15) is 0 Å². The standard InChI is InChI=1S/C29H30N2O3/c1-19(31-34-22-9-5-4-6-10-22)20-13-15-21(16-14-20)29-25-18-28(33-3)27(32-2)17-24(25)23-11-7-8-12-26(23)30-29/h4-6,9-10,13-18,23,26H,7-8,11-12H2,1-3H3/b31-19+/t23-,26-/m1/s1. The highest BCUT2D eigenvalue weighted by Gasteiger charge is 2.34. The monoisotopic (exact) mass is 454 g/mol. The number of hydrogen-bond donors (Lipinski definition) is 0. The van der Waals surface area contributed by atoms with Crippen LogP contribution in [0.2, 0.25) is 0 Å². The highest BCUT2D eigenvalue weighted by atomic mass is 16.6. The van der Waals surface area contributed by atoms with E-state index in [2.05, 4.69) is 41.6 Å². The molecule has 0 radical (unpaired) electrons. The van der Waals surface area contributed by atoms with E-state index in [0.29, 0.717) is 12.0 Å². The van der Waals surface area contributed by atoms with Crippen LogP contribution in [0.25, 0.3) is 0 Å². The van der Waals surface area contributed by atoms with Gasteiger partial charge >= 0.3 is 0 Å². The lowest BCUT2D eigenvalue weighted by atomic mass is 9.75. The molecule has 1 saturated carbocycles. The van der Waals surface area contributed by atoms with Gasteiger partial charge in [-0.2, -0.15) is 0 Å². The van der Waals surface area contributed by atoms with Gasteiger partial charge in [-0.1, -0.05) is 60.5 Å². The number of nitrogens with zero attached hydrogens (tertiary/aromatic N) is 2. The lowest BCUT2D eigenvalue weighted by Crippen LogP contribution is -2.29. The van der Waals surface area contributed by atoms with Gasteiger partial charge in [0.25, 0.3) is 0 Å². The van der Waals surface area contributed by atoms with Crippen molar-refractivity contribution in [3.05, 3.63) is 89.0 Å². The second-order valence-corrected chi connectivity index (χ2v) is 8.89. The number of aliphatic imine (C=N–C) groups is 1. The molecule has 0 N–H and O–H groups in total. The Balaban J connectivity index is 1.48. The predicted octanol–water partition coefficient (Wildman–Crippen LogP) is 6.38. The van der Waals surface area contributed by atoms with Crippen LogP contribution in [-0.2, 0) is 0 Å². The fourth-order valence-electron chi connectivity index (χ4n) is 5.03. The molecule has 2 atom stereocenters. The van der Waals surface area contributed by atoms with Gasteiger partial charge in [-0.25, -0.2) is 0 Å². The Labute approximate surface area is 201 Å². The quantitative estimate of drug-likeness (QED) is 0.321. The molecule has 5 nitrogen and oxygen atoms in total. The number of rotatable bonds is 6. The summed E-state index contributed by atoms with van der Waals surface area (Å²) in [6, 6.07) is 22.6. The summed E-state index contributed by atoms with van der Waals surface area (Å²) in [5.41, 5.74) is 6.43. The molecule has 1 fully saturated rings. The van der Waals surface area contributed by atoms with Crippen LogP contribution in [0.5, 0.6) is 17.2 Å². The van der Waals surface area contributed by atoms with E-state index >= 15 is 0 Å². The predicted molar refractivity (Wildman–Crippen MR) is 136 cm³/mol. The first-order valence-corrected chi connectivity index (χ1v) is 11.9. The molecule has 1 aliphatic carbocycles. The molecule has 5 heteroatoms. The number of methoxy groups -OCH3 is 2. The second kappa shape index (κ2) is 9.72. The summed E-state index contributed by atoms with van der Waals surface area (Å²) in [6.07, 6.45) is 4.78. The van der Waals surface area contributed by atoms with Gasteiger partial charge in [0, 0.05) is 17.0 Å². The fourth-order valence-corrected chi connectivity index (χ4v) is 5.03. The van der Waals surface area contributed by atoms with Gasteiger partial charge in [-0.15, -0.1) is 0 Å². The Morgan fingerprint density at radius 1 is 0.882 bits per heavy atom. The lowest BCUT2D eigenvalue weighted by molar-refractivity contribution is 0.341. The molecule has 5 rings (SSSR count). The Hall–Kier alpha value is -3.60. The molecule has 0 bridgehead atoms. The van der Waals surface area contributed by atoms with Gasteiger partial charge in [0.05, 0.1) is 31.7 Å². The van der Waals surface area contributed by atoms with Crippen LogP contribution in [0.4, 0.5) is 0 Å². The third kappa shape index (κ3) is 4.30. The maximum atomic E-state index is 5.63. The zero-order valence-corrected chi connectivity index (χ0v) is 20.0. The maximum absolute atomic E-state index is 5.63. The molecule has 3 aromatic carbocycles. The summed E-state index contributed by atoms with van der Waals surface area (Å²) in [6.45, 7) is 1.95. The summed E-state index contributed by atoms with van der Waals surface area (Å²) >= 11 is 0. The van der Waals surface area contributed by atoms with Crippen LogP contribution in [0.1, 0.15) is 60.8 Å². The Morgan fingerprint density at radius 2 is 1.59 bits per heavy atom. The van der Waals surface area contributed by atoms with Gasteiger partial charge < -0.3 is 14.3 Å². The zero-order chi connectivity index (χ0) is 23.5. The summed E-state index contributed by atoms with van der Waals surface area (Å²) in [7, 11) is 3.38. The molecule has 0 unspecified atom stereocenters. The molecule has 2 aliphatic rings. The lowest BCUT2D eigenvalue weighted by Gasteiger charge is -2.35. The first-order chi connectivity index (χ1) is 16.7. The van der Waals surface area contributed by atoms with E-state index in [1.54, 1.807) is 14.2 Å². The van der Waals surface area contributed by atoms with Crippen LogP contribution in [0, 0.1) is 0 Å². The summed E-state index contributed by atoms with van der Waals surface area (Å²) in [5.74, 6) is 2.68. The van der Waals surface area contributed by atoms with Gasteiger partial charge in [-0.05, 0) is 55.2 Å². The minimum Gasteiger partial charge on any atom is -0.493 e. The van der Waals surface area contributed by atoms with Gasteiger partial charge in [0.2, 0.25) is 0 Å². The van der Waals surface area contributed by atoms with Crippen molar-refractivity contribution < 1.29 is 14.3 Å². The summed E-state index contributed by atoms with van der Waals surface area (Å²) < 4.78 is 11.3. The minimum absolute atomic E-state index is 0.316. The molecule has 34 heavy (non-hydrogen) atoms. The van der Waals surface area contributed by atoms with Crippen LogP contribution in [0.3, 0.4) is 0 Å². The fraction of sp³-hybridized carbons (Fsp3) is 0.310. The van der Waals surface area contributed by atoms with E-state index in [1.807, 2.05) is 37.3 Å². The van der Waals surface area contributed by atoms with Crippen LogP contribution >= 0.6 is 0 Å². The minimum atomic E-state index is 0.316. The van der Waals surface area contributed by atoms with Gasteiger partial charge in [-0.3, -0.25) is 4.99 Å². The third-order valence-electron chi connectivity index (χ3n) is 6.84. The molecule has 0 saturated heterocycles. The highest BCUT2D eigenvalue weighted by molar-refractivity contribution is 6.15. The Bertz CT molecular complexity index is 1220. The van der Waals surface area contributed by atoms with E-state index in [0.717, 1.165) is 51.8 Å². The van der Waals surface area contributed by atoms with Crippen molar-refractivity contribution in [2.24, 2.45) is 10.1 Å². The average molecular weight is 455 g/mol. The average Bonchev–Trinajstić information content (AvgIpc) is 2.91. The topological polar surface area (TPSA) is 52.4 Å². The Morgan fingerprint density at radius 3 is 2.32 bits per heavy atom. The van der Waals surface area contributed by atoms with Crippen molar-refractivity contribution in [3.8, 4) is 17.2 Å². The van der Waals surface area contributed by atoms with Crippen molar-refractivity contribution in [1.82, 2.24) is 0 Å². The Kier molecular flexibility index (Phi) is 6.35. The molecule has 1 aliphatic heterocycles. The number of ether oxygens (including phenoxy) is 2.